The average Bonchev–Trinajstić information content (AvgIpc) is 2.29. The van der Waals surface area contributed by atoms with Crippen LogP contribution in [0.4, 0.5) is 5.69 Å². The number of fused-ring (bicyclic) bond motifs is 2. The van der Waals surface area contributed by atoms with Crippen molar-refractivity contribution in [2.45, 2.75) is 51.1 Å². The number of hydrogen-bond acceptors (Lipinski definition) is 2. The van der Waals surface area contributed by atoms with E-state index in [9.17, 15) is 4.79 Å². The van der Waals surface area contributed by atoms with Crippen molar-refractivity contribution in [3.63, 3.8) is 0 Å². The second kappa shape index (κ2) is 3.59. The number of hydrogen-bond donors (Lipinski definition) is 0. The fraction of sp³-hybridized carbons (Fsp3) is 0.533. The van der Waals surface area contributed by atoms with Crippen LogP contribution >= 0.6 is 0 Å². The third kappa shape index (κ3) is 1.24. The molecule has 1 aliphatic carbocycles. The van der Waals surface area contributed by atoms with Gasteiger partial charge < -0.3 is 4.90 Å². The lowest BCUT2D eigenvalue weighted by Crippen LogP contribution is -2.63. The molecule has 2 heteroatoms. The van der Waals surface area contributed by atoms with E-state index in [2.05, 4.69) is 43.0 Å². The average molecular weight is 229 g/mol. The third-order valence-electron chi connectivity index (χ3n) is 4.19. The Morgan fingerprint density at radius 3 is 2.71 bits per heavy atom. The molecule has 3 rings (SSSR count). The monoisotopic (exact) mass is 229 g/mol. The molecular weight excluding hydrogens is 210 g/mol. The first-order valence-corrected chi connectivity index (χ1v) is 6.60. The number of nitrogens with zero attached hydrogens (tertiary/aromatic N) is 1. The van der Waals surface area contributed by atoms with E-state index in [1.807, 2.05) is 0 Å². The maximum Gasteiger partial charge on any atom is 0.163 e. The maximum absolute atomic E-state index is 12.4. The SMILES string of the molecule is CC(C)N1c2ccccc2[C@]12CCCCC2=O. The Morgan fingerprint density at radius 1 is 1.24 bits per heavy atom. The van der Waals surface area contributed by atoms with Crippen molar-refractivity contribution in [3.05, 3.63) is 29.8 Å². The summed E-state index contributed by atoms with van der Waals surface area (Å²) in [4.78, 5) is 14.8. The van der Waals surface area contributed by atoms with Crippen molar-refractivity contribution < 1.29 is 4.79 Å². The molecule has 90 valence electrons. The fourth-order valence-corrected chi connectivity index (χ4v) is 3.59. The van der Waals surface area contributed by atoms with Gasteiger partial charge in [0.1, 0.15) is 5.54 Å². The Bertz CT molecular complexity index is 466. The van der Waals surface area contributed by atoms with E-state index in [4.69, 9.17) is 0 Å². The zero-order valence-electron chi connectivity index (χ0n) is 10.6. The summed E-state index contributed by atoms with van der Waals surface area (Å²) in [7, 11) is 0. The van der Waals surface area contributed by atoms with Crippen LogP contribution < -0.4 is 4.90 Å². The molecule has 1 atom stereocenters. The number of para-hydroxylation sites is 1. The predicted octanol–water partition coefficient (Wildman–Crippen LogP) is 3.25. The molecule has 0 amide bonds. The predicted molar refractivity (Wildman–Crippen MR) is 69.2 cm³/mol. The topological polar surface area (TPSA) is 20.3 Å². The van der Waals surface area contributed by atoms with Crippen molar-refractivity contribution >= 4 is 11.5 Å². The van der Waals surface area contributed by atoms with Gasteiger partial charge in [-0.2, -0.15) is 0 Å². The van der Waals surface area contributed by atoms with E-state index in [1.165, 1.54) is 17.7 Å². The first kappa shape index (κ1) is 10.8. The highest BCUT2D eigenvalue weighted by Crippen LogP contribution is 2.54. The van der Waals surface area contributed by atoms with Crippen LogP contribution in [-0.4, -0.2) is 11.8 Å². The van der Waals surface area contributed by atoms with Crippen LogP contribution in [0.3, 0.4) is 0 Å². The number of ketones is 1. The van der Waals surface area contributed by atoms with Crippen molar-refractivity contribution in [2.75, 3.05) is 4.90 Å². The normalized spacial score (nSPS) is 27.2. The minimum atomic E-state index is -0.275. The van der Waals surface area contributed by atoms with Gasteiger partial charge in [0.15, 0.2) is 5.78 Å². The molecule has 0 unspecified atom stereocenters. The highest BCUT2D eigenvalue weighted by molar-refractivity contribution is 6.00. The first-order valence-electron chi connectivity index (χ1n) is 6.60. The zero-order valence-corrected chi connectivity index (χ0v) is 10.6. The van der Waals surface area contributed by atoms with Gasteiger partial charge in [-0.25, -0.2) is 0 Å². The highest BCUT2D eigenvalue weighted by Gasteiger charge is 2.55. The first-order chi connectivity index (χ1) is 8.18. The van der Waals surface area contributed by atoms with E-state index in [1.54, 1.807) is 0 Å². The van der Waals surface area contributed by atoms with Gasteiger partial charge in [-0.05, 0) is 39.2 Å². The summed E-state index contributed by atoms with van der Waals surface area (Å²) in [5, 5.41) is 0. The van der Waals surface area contributed by atoms with Gasteiger partial charge in [0.25, 0.3) is 0 Å². The van der Waals surface area contributed by atoms with Gasteiger partial charge >= 0.3 is 0 Å². The summed E-state index contributed by atoms with van der Waals surface area (Å²) in [6.07, 6.45) is 3.98. The molecule has 0 aromatic heterocycles. The number of carbonyl (C=O) groups is 1. The summed E-state index contributed by atoms with van der Waals surface area (Å²) >= 11 is 0. The molecule has 0 saturated heterocycles. The number of carbonyl (C=O) groups excluding carboxylic acids is 1. The van der Waals surface area contributed by atoms with E-state index in [0.29, 0.717) is 11.8 Å². The number of Topliss-reactive ketones (excluding diaryl/α,β-unsaturated/α-hetero) is 1. The second-order valence-electron chi connectivity index (χ2n) is 5.47. The van der Waals surface area contributed by atoms with Crippen LogP contribution in [0.15, 0.2) is 24.3 Å². The quantitative estimate of drug-likeness (QED) is 0.736. The molecule has 17 heavy (non-hydrogen) atoms. The van der Waals surface area contributed by atoms with Gasteiger partial charge in [0.05, 0.1) is 0 Å². The van der Waals surface area contributed by atoms with E-state index in [-0.39, 0.29) is 5.54 Å². The number of anilines is 1. The number of benzene rings is 1. The van der Waals surface area contributed by atoms with Crippen LogP contribution in [0, 0.1) is 0 Å². The van der Waals surface area contributed by atoms with Crippen molar-refractivity contribution in [3.8, 4) is 0 Å². The van der Waals surface area contributed by atoms with E-state index >= 15 is 0 Å². The Hall–Kier alpha value is -1.31. The molecule has 1 heterocycles. The van der Waals surface area contributed by atoms with Crippen molar-refractivity contribution in [1.82, 2.24) is 0 Å². The van der Waals surface area contributed by atoms with Crippen LogP contribution in [0.1, 0.15) is 45.1 Å². The van der Waals surface area contributed by atoms with E-state index < -0.39 is 0 Å². The van der Waals surface area contributed by atoms with Crippen LogP contribution in [-0.2, 0) is 10.3 Å². The Labute approximate surface area is 103 Å². The largest absolute Gasteiger partial charge is 0.352 e. The van der Waals surface area contributed by atoms with Crippen molar-refractivity contribution in [1.29, 1.82) is 0 Å². The molecule has 0 N–H and O–H groups in total. The van der Waals surface area contributed by atoms with Crippen LogP contribution in [0.25, 0.3) is 0 Å². The fourth-order valence-electron chi connectivity index (χ4n) is 3.59. The molecule has 1 spiro atoms. The van der Waals surface area contributed by atoms with Crippen molar-refractivity contribution in [2.24, 2.45) is 0 Å². The summed E-state index contributed by atoms with van der Waals surface area (Å²) in [6, 6.07) is 8.79. The zero-order chi connectivity index (χ0) is 12.0. The molecule has 0 bridgehead atoms. The Morgan fingerprint density at radius 2 is 2.00 bits per heavy atom. The van der Waals surface area contributed by atoms with Gasteiger partial charge in [0, 0.05) is 23.7 Å². The highest BCUT2D eigenvalue weighted by atomic mass is 16.1. The van der Waals surface area contributed by atoms with E-state index in [0.717, 1.165) is 19.3 Å². The second-order valence-corrected chi connectivity index (χ2v) is 5.47. The molecule has 1 saturated carbocycles. The molecule has 1 aliphatic heterocycles. The van der Waals surface area contributed by atoms with Gasteiger partial charge in [0.2, 0.25) is 0 Å². The lowest BCUT2D eigenvalue weighted by atomic mass is 9.67. The van der Waals surface area contributed by atoms with Crippen LogP contribution in [0.2, 0.25) is 0 Å². The Kier molecular flexibility index (Phi) is 2.29. The number of rotatable bonds is 1. The third-order valence-corrected chi connectivity index (χ3v) is 4.19. The molecule has 1 aromatic carbocycles. The maximum atomic E-state index is 12.4. The van der Waals surface area contributed by atoms with Crippen LogP contribution in [0.5, 0.6) is 0 Å². The summed E-state index contributed by atoms with van der Waals surface area (Å²) < 4.78 is 0. The Balaban J connectivity index is 2.13. The summed E-state index contributed by atoms with van der Waals surface area (Å²) in [5.74, 6) is 0.427. The molecule has 1 fully saturated rings. The summed E-state index contributed by atoms with van der Waals surface area (Å²) in [5.41, 5.74) is 2.25. The standard InChI is InChI=1S/C15H19NO/c1-11(2)16-13-8-4-3-7-12(13)15(16)10-6-5-9-14(15)17/h3-4,7-8,11H,5-6,9-10H2,1-2H3/t15-/m0/s1. The minimum Gasteiger partial charge on any atom is -0.352 e. The van der Waals surface area contributed by atoms with Gasteiger partial charge in [-0.3, -0.25) is 4.79 Å². The molecule has 2 aliphatic rings. The van der Waals surface area contributed by atoms with Gasteiger partial charge in [-0.15, -0.1) is 0 Å². The smallest absolute Gasteiger partial charge is 0.163 e. The van der Waals surface area contributed by atoms with Gasteiger partial charge in [-0.1, -0.05) is 18.2 Å². The molecular formula is C15H19NO. The lowest BCUT2D eigenvalue weighted by molar-refractivity contribution is -0.127. The molecule has 2 nitrogen and oxygen atoms in total. The molecule has 1 aromatic rings. The minimum absolute atomic E-state index is 0.275. The molecule has 0 radical (unpaired) electrons. The lowest BCUT2D eigenvalue weighted by Gasteiger charge is -2.57. The summed E-state index contributed by atoms with van der Waals surface area (Å²) in [6.45, 7) is 4.36.